The number of H-pyrrole nitrogens is 1. The number of aromatic nitrogens is 1. The van der Waals surface area contributed by atoms with Gasteiger partial charge in [-0.2, -0.15) is 8.42 Å². The predicted molar refractivity (Wildman–Crippen MR) is 184 cm³/mol. The Kier molecular flexibility index (Phi) is 11.7. The van der Waals surface area contributed by atoms with Crippen molar-refractivity contribution in [3.8, 4) is 0 Å². The molecular formula is C37H43N3O4S. The summed E-state index contributed by atoms with van der Waals surface area (Å²) < 4.78 is 30.3. The first-order chi connectivity index (χ1) is 21.6. The Morgan fingerprint density at radius 1 is 0.844 bits per heavy atom. The van der Waals surface area contributed by atoms with E-state index in [4.69, 9.17) is 4.55 Å². The Labute approximate surface area is 266 Å². The van der Waals surface area contributed by atoms with E-state index < -0.39 is 10.1 Å². The molecule has 2 N–H and O–H groups in total. The molecule has 1 aromatic heterocycles. The van der Waals surface area contributed by atoms with Crippen LogP contribution in [-0.4, -0.2) is 37.0 Å². The molecule has 0 spiro atoms. The van der Waals surface area contributed by atoms with Crippen LogP contribution in [0.2, 0.25) is 0 Å². The lowest BCUT2D eigenvalue weighted by Gasteiger charge is -2.24. The van der Waals surface area contributed by atoms with Crippen LogP contribution in [0.15, 0.2) is 101 Å². The van der Waals surface area contributed by atoms with E-state index in [0.29, 0.717) is 17.3 Å². The van der Waals surface area contributed by atoms with Crippen LogP contribution in [0.25, 0.3) is 21.8 Å². The van der Waals surface area contributed by atoms with E-state index in [1.54, 1.807) is 26.0 Å². The lowest BCUT2D eigenvalue weighted by atomic mass is 10.1. The second-order valence-corrected chi connectivity index (χ2v) is 12.6. The van der Waals surface area contributed by atoms with Gasteiger partial charge < -0.3 is 9.88 Å². The summed E-state index contributed by atoms with van der Waals surface area (Å²) in [4.78, 5) is 23.0. The zero-order valence-corrected chi connectivity index (χ0v) is 27.4. The maximum atomic E-state index is 12.5. The highest BCUT2D eigenvalue weighted by Gasteiger charge is 2.14. The van der Waals surface area contributed by atoms with Crippen LogP contribution < -0.4 is 10.3 Å². The molecule has 0 saturated carbocycles. The van der Waals surface area contributed by atoms with E-state index in [1.165, 1.54) is 22.7 Å². The minimum absolute atomic E-state index is 0.0116. The number of carbonyl (C=O) groups is 1. The van der Waals surface area contributed by atoms with Crippen molar-refractivity contribution < 1.29 is 17.8 Å². The number of aromatic amines is 1. The van der Waals surface area contributed by atoms with Crippen molar-refractivity contribution in [3.05, 3.63) is 113 Å². The fraction of sp³-hybridized carbons (Fsp3) is 0.297. The van der Waals surface area contributed by atoms with Crippen molar-refractivity contribution in [1.82, 2.24) is 4.98 Å². The quantitative estimate of drug-likeness (QED) is 0.153. The summed E-state index contributed by atoms with van der Waals surface area (Å²) in [5, 5.41) is 3.05. The smallest absolute Gasteiger partial charge is 0.294 e. The molecule has 1 amide bonds. The highest BCUT2D eigenvalue weighted by atomic mass is 32.2. The van der Waals surface area contributed by atoms with E-state index in [1.807, 2.05) is 36.4 Å². The van der Waals surface area contributed by atoms with E-state index in [2.05, 4.69) is 65.1 Å². The molecule has 0 saturated heterocycles. The zero-order valence-electron chi connectivity index (χ0n) is 26.6. The van der Waals surface area contributed by atoms with Gasteiger partial charge in [0.05, 0.1) is 21.5 Å². The molecule has 0 bridgehead atoms. The maximum absolute atomic E-state index is 12.5. The molecule has 1 heterocycles. The van der Waals surface area contributed by atoms with Crippen molar-refractivity contribution in [2.45, 2.75) is 64.7 Å². The molecule has 7 nitrogen and oxygen atoms in total. The van der Waals surface area contributed by atoms with Crippen LogP contribution in [0.3, 0.4) is 0 Å². The topological polar surface area (TPSA) is 103 Å². The average molecular weight is 626 g/mol. The summed E-state index contributed by atoms with van der Waals surface area (Å²) in [5.41, 5.74) is 6.11. The van der Waals surface area contributed by atoms with Gasteiger partial charge in [-0.15, -0.1) is 0 Å². The summed E-state index contributed by atoms with van der Waals surface area (Å²) in [6, 6.07) is 29.6. The number of rotatable bonds is 10. The van der Waals surface area contributed by atoms with Gasteiger partial charge in [0.2, 0.25) is 5.91 Å². The number of nitrogens with zero attached hydrogens (tertiary/aromatic N) is 2. The highest BCUT2D eigenvalue weighted by Crippen LogP contribution is 2.31. The van der Waals surface area contributed by atoms with Gasteiger partial charge in [0, 0.05) is 35.8 Å². The Morgan fingerprint density at radius 2 is 1.51 bits per heavy atom. The number of benzene rings is 3. The molecule has 0 atom stereocenters. The normalized spacial score (nSPS) is 11.8. The fourth-order valence-electron chi connectivity index (χ4n) is 5.49. The molecule has 5 aromatic rings. The standard InChI is InChI=1S/C29H33N3O.C8H10O3S/c1-3-19-32(20-4-2)27-17-10-16-25-24-15-9-14-23(21-26(24)31-29(25)27)30-28(33)18-8-13-22-11-6-5-7-12-22;1-6-4-3-5-8(7(6)2)12(9,10)11/h5-7,9-12,14-17,21,31H,3-4,8,13,18-20H2,1-2H3;3-5H,1-2H3,(H,9,10,11). The van der Waals surface area contributed by atoms with Gasteiger partial charge in [-0.25, -0.2) is 4.99 Å². The predicted octanol–water partition coefficient (Wildman–Crippen LogP) is 7.95. The van der Waals surface area contributed by atoms with Crippen LogP contribution in [0.5, 0.6) is 0 Å². The van der Waals surface area contributed by atoms with Gasteiger partial charge in [0.1, 0.15) is 0 Å². The Morgan fingerprint density at radius 3 is 2.18 bits per heavy atom. The van der Waals surface area contributed by atoms with Crippen LogP contribution in [0.4, 0.5) is 5.69 Å². The van der Waals surface area contributed by atoms with Gasteiger partial charge in [0.25, 0.3) is 10.1 Å². The van der Waals surface area contributed by atoms with Crippen molar-refractivity contribution in [2.75, 3.05) is 18.0 Å². The zero-order chi connectivity index (χ0) is 32.4. The molecule has 0 aliphatic carbocycles. The van der Waals surface area contributed by atoms with Crippen molar-refractivity contribution in [2.24, 2.45) is 4.99 Å². The number of fused-ring (bicyclic) bond motifs is 3. The molecule has 0 fully saturated rings. The number of nitrogens with one attached hydrogen (secondary N) is 1. The van der Waals surface area contributed by atoms with Gasteiger partial charge in [-0.05, 0) is 80.5 Å². The van der Waals surface area contributed by atoms with Crippen molar-refractivity contribution in [3.63, 3.8) is 0 Å². The maximum Gasteiger partial charge on any atom is 0.294 e. The van der Waals surface area contributed by atoms with Crippen LogP contribution in [0, 0.1) is 13.8 Å². The molecule has 0 aliphatic rings. The van der Waals surface area contributed by atoms with Gasteiger partial charge in [0.15, 0.2) is 0 Å². The number of para-hydroxylation sites is 1. The summed E-state index contributed by atoms with van der Waals surface area (Å²) in [7, 11) is -4.06. The van der Waals surface area contributed by atoms with Crippen LogP contribution >= 0.6 is 0 Å². The molecule has 0 radical (unpaired) electrons. The third-order valence-corrected chi connectivity index (χ3v) is 8.82. The molecule has 236 valence electrons. The lowest BCUT2D eigenvalue weighted by molar-refractivity contribution is -0.118. The second-order valence-electron chi connectivity index (χ2n) is 11.3. The van der Waals surface area contributed by atoms with Crippen molar-refractivity contribution in [1.29, 1.82) is 0 Å². The molecule has 0 unspecified atom stereocenters. The molecule has 8 heteroatoms. The number of aryl methyl sites for hydroxylation is 2. The molecule has 4 aromatic carbocycles. The summed E-state index contributed by atoms with van der Waals surface area (Å²) >= 11 is 0. The monoisotopic (exact) mass is 625 g/mol. The van der Waals surface area contributed by atoms with E-state index in [9.17, 15) is 13.2 Å². The first-order valence-electron chi connectivity index (χ1n) is 15.6. The summed E-state index contributed by atoms with van der Waals surface area (Å²) in [6.45, 7) is 9.97. The van der Waals surface area contributed by atoms with Crippen LogP contribution in [0.1, 0.15) is 56.2 Å². The molecule has 0 aliphatic heterocycles. The highest BCUT2D eigenvalue weighted by molar-refractivity contribution is 7.85. The molecule has 45 heavy (non-hydrogen) atoms. The minimum Gasteiger partial charge on any atom is -0.370 e. The number of amides is 1. The van der Waals surface area contributed by atoms with E-state index in [-0.39, 0.29) is 10.8 Å². The first kappa shape index (κ1) is 33.6. The Balaban J connectivity index is 0.000000323. The minimum atomic E-state index is -4.06. The number of hydrogen-bond donors (Lipinski definition) is 2. The first-order valence-corrected chi connectivity index (χ1v) is 17.0. The fourth-order valence-corrected chi connectivity index (χ4v) is 6.29. The number of carbonyl (C=O) groups excluding carboxylic acids is 1. The molecule has 5 rings (SSSR count). The average Bonchev–Trinajstić information content (AvgIpc) is 3.23. The number of anilines is 1. The SMILES string of the molecule is CCCN(CCC)c1cccc2c1[nH]c1cc(=NC(=O)CCCc3ccccc3)cccc12.Cc1cccc(S(=O)(=O)O)c1C. The second kappa shape index (κ2) is 15.6. The third kappa shape index (κ3) is 8.90. The third-order valence-electron chi connectivity index (χ3n) is 7.82. The summed E-state index contributed by atoms with van der Waals surface area (Å²) in [6.07, 6.45) is 4.38. The van der Waals surface area contributed by atoms with E-state index in [0.717, 1.165) is 60.8 Å². The Hall–Kier alpha value is -4.27. The van der Waals surface area contributed by atoms with Gasteiger partial charge >= 0.3 is 0 Å². The van der Waals surface area contributed by atoms with Gasteiger partial charge in [-0.3, -0.25) is 9.35 Å². The van der Waals surface area contributed by atoms with E-state index >= 15 is 0 Å². The lowest BCUT2D eigenvalue weighted by Crippen LogP contribution is -2.25. The van der Waals surface area contributed by atoms with Crippen LogP contribution in [-0.2, 0) is 21.3 Å². The van der Waals surface area contributed by atoms with Crippen molar-refractivity contribution >= 4 is 43.5 Å². The Bertz CT molecular complexity index is 1930. The summed E-state index contributed by atoms with van der Waals surface area (Å²) in [5.74, 6) is -0.0702. The van der Waals surface area contributed by atoms with Gasteiger partial charge in [-0.1, -0.05) is 80.6 Å². The number of hydrogen-bond acceptors (Lipinski definition) is 4. The molecular weight excluding hydrogens is 582 g/mol. The largest absolute Gasteiger partial charge is 0.370 e.